The van der Waals surface area contributed by atoms with Gasteiger partial charge in [0.1, 0.15) is 6.04 Å². The SMILES string of the molecule is CN1C(=O)NC(=O)C1Cc1ccc(N/C(=C2\C(=O)Nc3ccc([N+](=O)[O-])cc32)c2ccccc2)cc1. The molecule has 2 aliphatic rings. The Morgan fingerprint density at radius 1 is 1.00 bits per heavy atom. The smallest absolute Gasteiger partial charge is 0.324 e. The molecule has 36 heavy (non-hydrogen) atoms. The molecule has 0 bridgehead atoms. The summed E-state index contributed by atoms with van der Waals surface area (Å²) in [5.74, 6) is -0.700. The van der Waals surface area contributed by atoms with E-state index in [1.807, 2.05) is 54.6 Å². The number of benzene rings is 3. The zero-order chi connectivity index (χ0) is 25.4. The second-order valence-corrected chi connectivity index (χ2v) is 8.50. The van der Waals surface area contributed by atoms with E-state index in [4.69, 9.17) is 0 Å². The van der Waals surface area contributed by atoms with Crippen molar-refractivity contribution in [3.05, 3.63) is 99.6 Å². The Bertz CT molecular complexity index is 1430. The maximum atomic E-state index is 13.0. The van der Waals surface area contributed by atoms with E-state index in [0.29, 0.717) is 34.6 Å². The number of carbonyl (C=O) groups is 3. The third-order valence-electron chi connectivity index (χ3n) is 6.24. The predicted molar refractivity (Wildman–Crippen MR) is 134 cm³/mol. The van der Waals surface area contributed by atoms with Gasteiger partial charge in [0.05, 0.1) is 16.2 Å². The van der Waals surface area contributed by atoms with Crippen molar-refractivity contribution in [1.29, 1.82) is 0 Å². The number of fused-ring (bicyclic) bond motifs is 1. The van der Waals surface area contributed by atoms with E-state index in [1.165, 1.54) is 23.1 Å². The van der Waals surface area contributed by atoms with Crippen LogP contribution in [-0.2, 0) is 16.0 Å². The Morgan fingerprint density at radius 2 is 1.72 bits per heavy atom. The van der Waals surface area contributed by atoms with Gasteiger partial charge in [0.2, 0.25) is 0 Å². The monoisotopic (exact) mass is 483 g/mol. The minimum atomic E-state index is -0.576. The number of anilines is 2. The minimum absolute atomic E-state index is 0.112. The molecule has 0 aliphatic carbocycles. The fourth-order valence-electron chi connectivity index (χ4n) is 4.32. The van der Waals surface area contributed by atoms with Gasteiger partial charge in [-0.05, 0) is 29.3 Å². The second kappa shape index (κ2) is 8.99. The van der Waals surface area contributed by atoms with E-state index in [2.05, 4.69) is 16.0 Å². The summed E-state index contributed by atoms with van der Waals surface area (Å²) < 4.78 is 0. The highest BCUT2D eigenvalue weighted by molar-refractivity contribution is 6.37. The number of rotatable bonds is 6. The van der Waals surface area contributed by atoms with Gasteiger partial charge in [-0.15, -0.1) is 0 Å². The number of non-ortho nitro benzene ring substituents is 1. The Hall–Kier alpha value is -4.99. The van der Waals surface area contributed by atoms with Crippen molar-refractivity contribution in [3.8, 4) is 0 Å². The molecule has 10 heteroatoms. The van der Waals surface area contributed by atoms with Gasteiger partial charge in [0.15, 0.2) is 0 Å². The Labute approximate surface area is 205 Å². The fraction of sp³-hybridized carbons (Fsp3) is 0.115. The maximum Gasteiger partial charge on any atom is 0.324 e. The van der Waals surface area contributed by atoms with Gasteiger partial charge in [-0.3, -0.25) is 25.0 Å². The minimum Gasteiger partial charge on any atom is -0.354 e. The normalized spacial score (nSPS) is 18.0. The molecule has 3 N–H and O–H groups in total. The van der Waals surface area contributed by atoms with E-state index < -0.39 is 17.0 Å². The molecule has 0 saturated carbocycles. The van der Waals surface area contributed by atoms with Gasteiger partial charge < -0.3 is 15.5 Å². The lowest BCUT2D eigenvalue weighted by molar-refractivity contribution is -0.384. The van der Waals surface area contributed by atoms with E-state index >= 15 is 0 Å². The van der Waals surface area contributed by atoms with Crippen molar-refractivity contribution >= 4 is 46.2 Å². The number of likely N-dealkylation sites (N-methyl/N-ethyl adjacent to an activating group) is 1. The number of imide groups is 1. The van der Waals surface area contributed by atoms with Gasteiger partial charge in [0.25, 0.3) is 17.5 Å². The Morgan fingerprint density at radius 3 is 2.36 bits per heavy atom. The molecule has 3 aromatic rings. The number of amides is 4. The summed E-state index contributed by atoms with van der Waals surface area (Å²) in [6.45, 7) is 0. The van der Waals surface area contributed by atoms with E-state index in [9.17, 15) is 24.5 Å². The van der Waals surface area contributed by atoms with Crippen molar-refractivity contribution in [1.82, 2.24) is 10.2 Å². The molecule has 1 atom stereocenters. The van der Waals surface area contributed by atoms with Crippen LogP contribution in [0.3, 0.4) is 0 Å². The molecule has 3 aromatic carbocycles. The Kier molecular flexibility index (Phi) is 5.69. The van der Waals surface area contributed by atoms with Crippen LogP contribution in [0.15, 0.2) is 72.8 Å². The van der Waals surface area contributed by atoms with E-state index in [1.54, 1.807) is 7.05 Å². The molecule has 1 fully saturated rings. The predicted octanol–water partition coefficient (Wildman–Crippen LogP) is 3.62. The van der Waals surface area contributed by atoms with Gasteiger partial charge in [-0.2, -0.15) is 0 Å². The molecule has 10 nitrogen and oxygen atoms in total. The first kappa shape index (κ1) is 22.8. The number of carbonyl (C=O) groups excluding carboxylic acids is 3. The zero-order valence-corrected chi connectivity index (χ0v) is 19.1. The van der Waals surface area contributed by atoms with Gasteiger partial charge >= 0.3 is 6.03 Å². The van der Waals surface area contributed by atoms with Crippen molar-refractivity contribution in [2.75, 3.05) is 17.7 Å². The summed E-state index contributed by atoms with van der Waals surface area (Å²) in [5.41, 5.74) is 3.89. The average molecular weight is 483 g/mol. The highest BCUT2D eigenvalue weighted by atomic mass is 16.6. The first-order valence-electron chi connectivity index (χ1n) is 11.2. The summed E-state index contributed by atoms with van der Waals surface area (Å²) in [7, 11) is 1.58. The highest BCUT2D eigenvalue weighted by Gasteiger charge is 2.35. The van der Waals surface area contributed by atoms with Gasteiger partial charge in [-0.25, -0.2) is 4.79 Å². The van der Waals surface area contributed by atoms with Crippen LogP contribution in [0.2, 0.25) is 0 Å². The van der Waals surface area contributed by atoms with E-state index in [-0.39, 0.29) is 17.5 Å². The van der Waals surface area contributed by atoms with Crippen LogP contribution in [0, 0.1) is 10.1 Å². The number of nitro benzene ring substituents is 1. The van der Waals surface area contributed by atoms with Crippen LogP contribution in [0.5, 0.6) is 0 Å². The van der Waals surface area contributed by atoms with Gasteiger partial charge in [0, 0.05) is 42.5 Å². The third-order valence-corrected chi connectivity index (χ3v) is 6.24. The van der Waals surface area contributed by atoms with Gasteiger partial charge in [-0.1, -0.05) is 42.5 Å². The van der Waals surface area contributed by atoms with Crippen LogP contribution in [0.25, 0.3) is 11.3 Å². The van der Waals surface area contributed by atoms with E-state index in [0.717, 1.165) is 11.1 Å². The number of nitrogens with one attached hydrogen (secondary N) is 3. The molecule has 0 spiro atoms. The Balaban J connectivity index is 1.50. The van der Waals surface area contributed by atoms with Crippen LogP contribution < -0.4 is 16.0 Å². The lowest BCUT2D eigenvalue weighted by atomic mass is 9.99. The van der Waals surface area contributed by atoms with Crippen molar-refractivity contribution in [2.24, 2.45) is 0 Å². The number of nitro groups is 1. The largest absolute Gasteiger partial charge is 0.354 e. The average Bonchev–Trinajstić information content (AvgIpc) is 3.32. The molecule has 0 aromatic heterocycles. The summed E-state index contributed by atoms with van der Waals surface area (Å²) in [5, 5.41) is 19.7. The topological polar surface area (TPSA) is 134 Å². The molecular weight excluding hydrogens is 462 g/mol. The summed E-state index contributed by atoms with van der Waals surface area (Å²) in [4.78, 5) is 49.0. The molecule has 1 unspecified atom stereocenters. The molecule has 2 aliphatic heterocycles. The van der Waals surface area contributed by atoms with Crippen molar-refractivity contribution in [2.45, 2.75) is 12.5 Å². The number of nitrogens with zero attached hydrogens (tertiary/aromatic N) is 2. The molecular formula is C26H21N5O5. The molecule has 180 valence electrons. The number of hydrogen-bond acceptors (Lipinski definition) is 6. The van der Waals surface area contributed by atoms with Crippen molar-refractivity contribution < 1.29 is 19.3 Å². The molecule has 0 radical (unpaired) electrons. The summed E-state index contributed by atoms with van der Waals surface area (Å²) >= 11 is 0. The maximum absolute atomic E-state index is 13.0. The third kappa shape index (κ3) is 4.16. The molecule has 4 amide bonds. The first-order chi connectivity index (χ1) is 17.3. The zero-order valence-electron chi connectivity index (χ0n) is 19.1. The molecule has 5 rings (SSSR count). The quantitative estimate of drug-likeness (QED) is 0.212. The standard InChI is InChI=1S/C26H21N5O5/c1-30-21(24(32)29-26(30)34)13-15-7-9-17(10-8-15)27-23(16-5-3-2-4-6-16)22-19-14-18(31(35)36)11-12-20(19)28-25(22)33/h2-12,14,21,27H,13H2,1H3,(H,28,33)(H,29,32,34)/b23-22-. The summed E-state index contributed by atoms with van der Waals surface area (Å²) in [6.07, 6.45) is 0.362. The molecule has 2 heterocycles. The highest BCUT2D eigenvalue weighted by Crippen LogP contribution is 2.39. The first-order valence-corrected chi connectivity index (χ1v) is 11.2. The van der Waals surface area contributed by atoms with Crippen LogP contribution >= 0.6 is 0 Å². The molecule has 1 saturated heterocycles. The fourth-order valence-corrected chi connectivity index (χ4v) is 4.32. The lowest BCUT2D eigenvalue weighted by Gasteiger charge is -2.17. The van der Waals surface area contributed by atoms with Crippen LogP contribution in [-0.4, -0.2) is 40.8 Å². The number of urea groups is 1. The van der Waals surface area contributed by atoms with Crippen molar-refractivity contribution in [3.63, 3.8) is 0 Å². The lowest BCUT2D eigenvalue weighted by Crippen LogP contribution is -2.33. The van der Waals surface area contributed by atoms with Crippen LogP contribution in [0.4, 0.5) is 21.9 Å². The van der Waals surface area contributed by atoms with Crippen LogP contribution in [0.1, 0.15) is 16.7 Å². The second-order valence-electron chi connectivity index (χ2n) is 8.50. The summed E-state index contributed by atoms with van der Waals surface area (Å²) in [6, 6.07) is 19.8. The number of hydrogen-bond donors (Lipinski definition) is 3.